The smallest absolute Gasteiger partial charge is 0.264 e. The number of carbonyl (C=O) groups excluding carboxylic acids is 1. The van der Waals surface area contributed by atoms with E-state index in [0.29, 0.717) is 22.1 Å². The maximum Gasteiger partial charge on any atom is 0.264 e. The number of carbonyl (C=O) groups is 1. The second-order valence-electron chi connectivity index (χ2n) is 6.52. The average molecular weight is 445 g/mol. The van der Waals surface area contributed by atoms with Gasteiger partial charge in [-0.05, 0) is 48.0 Å². The minimum Gasteiger partial charge on any atom is -0.495 e. The molecular formula is C22H21ClN2O4S. The predicted octanol–water partition coefficient (Wildman–Crippen LogP) is 4.35. The van der Waals surface area contributed by atoms with Crippen molar-refractivity contribution >= 4 is 38.9 Å². The van der Waals surface area contributed by atoms with Crippen LogP contribution in [0.4, 0.5) is 11.4 Å². The van der Waals surface area contributed by atoms with Crippen LogP contribution in [0.3, 0.4) is 0 Å². The quantitative estimate of drug-likeness (QED) is 0.587. The molecule has 0 fully saturated rings. The summed E-state index contributed by atoms with van der Waals surface area (Å²) < 4.78 is 31.9. The van der Waals surface area contributed by atoms with Crippen molar-refractivity contribution in [2.24, 2.45) is 0 Å². The summed E-state index contributed by atoms with van der Waals surface area (Å²) in [6.45, 7) is 0. The lowest BCUT2D eigenvalue weighted by atomic mass is 10.1. The highest BCUT2D eigenvalue weighted by molar-refractivity contribution is 7.92. The highest BCUT2D eigenvalue weighted by Crippen LogP contribution is 2.28. The summed E-state index contributed by atoms with van der Waals surface area (Å²) in [6.07, 6.45) is 0.116. The van der Waals surface area contributed by atoms with E-state index in [9.17, 15) is 13.2 Å². The molecule has 0 radical (unpaired) electrons. The third-order valence-corrected chi connectivity index (χ3v) is 6.54. The summed E-state index contributed by atoms with van der Waals surface area (Å²) in [5.41, 5.74) is 1.72. The van der Waals surface area contributed by atoms with E-state index in [-0.39, 0.29) is 17.2 Å². The van der Waals surface area contributed by atoms with Crippen LogP contribution in [-0.4, -0.2) is 28.5 Å². The van der Waals surface area contributed by atoms with Gasteiger partial charge in [-0.3, -0.25) is 9.10 Å². The van der Waals surface area contributed by atoms with Gasteiger partial charge in [-0.15, -0.1) is 0 Å². The number of amides is 1. The van der Waals surface area contributed by atoms with Crippen LogP contribution in [0, 0.1) is 0 Å². The Labute approximate surface area is 181 Å². The van der Waals surface area contributed by atoms with Gasteiger partial charge in [-0.2, -0.15) is 0 Å². The van der Waals surface area contributed by atoms with Gasteiger partial charge in [0.25, 0.3) is 10.0 Å². The number of nitrogens with zero attached hydrogens (tertiary/aromatic N) is 1. The number of ether oxygens (including phenoxy) is 1. The molecule has 30 heavy (non-hydrogen) atoms. The van der Waals surface area contributed by atoms with Crippen molar-refractivity contribution in [2.75, 3.05) is 23.8 Å². The molecule has 0 aromatic heterocycles. The SMILES string of the molecule is COc1ccc(Cl)cc1NC(=O)Cc1ccc(N(C)S(=O)(=O)c2ccccc2)cc1. The van der Waals surface area contributed by atoms with E-state index in [2.05, 4.69) is 5.32 Å². The summed E-state index contributed by atoms with van der Waals surface area (Å²) in [6, 6.07) is 20.0. The third kappa shape index (κ3) is 4.93. The second-order valence-corrected chi connectivity index (χ2v) is 8.93. The number of methoxy groups -OCH3 is 1. The Morgan fingerprint density at radius 1 is 1.03 bits per heavy atom. The van der Waals surface area contributed by atoms with Crippen molar-refractivity contribution in [3.8, 4) is 5.75 Å². The molecule has 0 bridgehead atoms. The molecule has 0 aliphatic heterocycles. The number of anilines is 2. The molecule has 0 saturated heterocycles. The molecule has 6 nitrogen and oxygen atoms in total. The summed E-state index contributed by atoms with van der Waals surface area (Å²) in [7, 11) is -0.646. The van der Waals surface area contributed by atoms with Crippen LogP contribution in [0.2, 0.25) is 5.02 Å². The minimum atomic E-state index is -3.65. The van der Waals surface area contributed by atoms with Gasteiger partial charge >= 0.3 is 0 Å². The molecule has 0 spiro atoms. The van der Waals surface area contributed by atoms with Gasteiger partial charge in [0.15, 0.2) is 0 Å². The van der Waals surface area contributed by atoms with E-state index in [4.69, 9.17) is 16.3 Å². The van der Waals surface area contributed by atoms with E-state index >= 15 is 0 Å². The van der Waals surface area contributed by atoms with Gasteiger partial charge in [0, 0.05) is 12.1 Å². The first-order chi connectivity index (χ1) is 14.3. The molecule has 156 valence electrons. The normalized spacial score (nSPS) is 11.0. The molecular weight excluding hydrogens is 424 g/mol. The second kappa shape index (κ2) is 9.19. The van der Waals surface area contributed by atoms with Crippen LogP contribution < -0.4 is 14.4 Å². The molecule has 1 amide bonds. The fraction of sp³-hybridized carbons (Fsp3) is 0.136. The lowest BCUT2D eigenvalue weighted by Crippen LogP contribution is -2.26. The highest BCUT2D eigenvalue weighted by Gasteiger charge is 2.20. The molecule has 3 aromatic rings. The topological polar surface area (TPSA) is 75.7 Å². The average Bonchev–Trinajstić information content (AvgIpc) is 2.74. The first-order valence-electron chi connectivity index (χ1n) is 9.07. The Hall–Kier alpha value is -3.03. The number of benzene rings is 3. The summed E-state index contributed by atoms with van der Waals surface area (Å²) >= 11 is 5.98. The van der Waals surface area contributed by atoms with Crippen molar-refractivity contribution in [1.82, 2.24) is 0 Å². The highest BCUT2D eigenvalue weighted by atomic mass is 35.5. The van der Waals surface area contributed by atoms with Gasteiger partial charge in [-0.25, -0.2) is 8.42 Å². The van der Waals surface area contributed by atoms with E-state index in [1.165, 1.54) is 18.5 Å². The van der Waals surface area contributed by atoms with E-state index in [1.807, 2.05) is 0 Å². The van der Waals surface area contributed by atoms with Crippen LogP contribution in [-0.2, 0) is 21.2 Å². The number of hydrogen-bond donors (Lipinski definition) is 1. The maximum absolute atomic E-state index is 12.7. The Balaban J connectivity index is 1.70. The first-order valence-corrected chi connectivity index (χ1v) is 10.9. The van der Waals surface area contributed by atoms with Crippen molar-refractivity contribution in [3.63, 3.8) is 0 Å². The number of sulfonamides is 1. The molecule has 8 heteroatoms. The first kappa shape index (κ1) is 21.7. The monoisotopic (exact) mass is 444 g/mol. The molecule has 0 unspecified atom stereocenters. The molecule has 0 aliphatic rings. The molecule has 0 aliphatic carbocycles. The zero-order chi connectivity index (χ0) is 21.7. The number of hydrogen-bond acceptors (Lipinski definition) is 4. The fourth-order valence-electron chi connectivity index (χ4n) is 2.87. The Kier molecular flexibility index (Phi) is 6.64. The van der Waals surface area contributed by atoms with Crippen molar-refractivity contribution in [2.45, 2.75) is 11.3 Å². The number of nitrogens with one attached hydrogen (secondary N) is 1. The number of halogens is 1. The van der Waals surface area contributed by atoms with E-state index in [1.54, 1.807) is 72.8 Å². The lowest BCUT2D eigenvalue weighted by Gasteiger charge is -2.19. The standard InChI is InChI=1S/C22H21ClN2O4S/c1-25(30(27,28)19-6-4-3-5-7-19)18-11-8-16(9-12-18)14-22(26)24-20-15-17(23)10-13-21(20)29-2/h3-13,15H,14H2,1-2H3,(H,24,26). The van der Waals surface area contributed by atoms with Crippen molar-refractivity contribution in [1.29, 1.82) is 0 Å². The number of rotatable bonds is 7. The summed E-state index contributed by atoms with van der Waals surface area (Å²) in [5, 5.41) is 3.26. The zero-order valence-corrected chi connectivity index (χ0v) is 18.1. The largest absolute Gasteiger partial charge is 0.495 e. The zero-order valence-electron chi connectivity index (χ0n) is 16.5. The Morgan fingerprint density at radius 3 is 2.33 bits per heavy atom. The third-order valence-electron chi connectivity index (χ3n) is 4.50. The lowest BCUT2D eigenvalue weighted by molar-refractivity contribution is -0.115. The predicted molar refractivity (Wildman–Crippen MR) is 119 cm³/mol. The van der Waals surface area contributed by atoms with Crippen molar-refractivity contribution < 1.29 is 17.9 Å². The van der Waals surface area contributed by atoms with E-state index < -0.39 is 10.0 Å². The summed E-state index contributed by atoms with van der Waals surface area (Å²) in [4.78, 5) is 12.6. The Bertz CT molecular complexity index is 1130. The van der Waals surface area contributed by atoms with Crippen molar-refractivity contribution in [3.05, 3.63) is 83.4 Å². The molecule has 0 atom stereocenters. The van der Waals surface area contributed by atoms with Gasteiger partial charge in [0.05, 0.1) is 29.8 Å². The molecule has 3 rings (SSSR count). The molecule has 1 N–H and O–H groups in total. The van der Waals surface area contributed by atoms with Gasteiger partial charge in [0.2, 0.25) is 5.91 Å². The van der Waals surface area contributed by atoms with E-state index in [0.717, 1.165) is 5.56 Å². The molecule has 0 heterocycles. The van der Waals surface area contributed by atoms with Crippen LogP contribution >= 0.6 is 11.6 Å². The molecule has 0 saturated carbocycles. The maximum atomic E-state index is 12.7. The van der Waals surface area contributed by atoms with Gasteiger partial charge in [0.1, 0.15) is 5.75 Å². The van der Waals surface area contributed by atoms with Gasteiger partial charge in [-0.1, -0.05) is 41.9 Å². The minimum absolute atomic E-state index is 0.116. The molecule has 3 aromatic carbocycles. The van der Waals surface area contributed by atoms with Crippen LogP contribution in [0.1, 0.15) is 5.56 Å². The Morgan fingerprint density at radius 2 is 1.70 bits per heavy atom. The summed E-state index contributed by atoms with van der Waals surface area (Å²) in [5.74, 6) is 0.268. The van der Waals surface area contributed by atoms with Crippen LogP contribution in [0.15, 0.2) is 77.7 Å². The van der Waals surface area contributed by atoms with Crippen LogP contribution in [0.5, 0.6) is 5.75 Å². The fourth-order valence-corrected chi connectivity index (χ4v) is 4.26. The van der Waals surface area contributed by atoms with Gasteiger partial charge < -0.3 is 10.1 Å². The van der Waals surface area contributed by atoms with Crippen LogP contribution in [0.25, 0.3) is 0 Å².